The number of benzene rings is 1. The lowest BCUT2D eigenvalue weighted by Gasteiger charge is -2.09. The molecule has 0 aliphatic carbocycles. The third-order valence-electron chi connectivity index (χ3n) is 1.97. The average molecular weight is 272 g/mol. The normalized spacial score (nSPS) is 12.3. The molecule has 0 amide bonds. The van der Waals surface area contributed by atoms with Crippen LogP contribution in [-0.4, -0.2) is 18.9 Å². The third-order valence-corrected chi connectivity index (χ3v) is 2.46. The summed E-state index contributed by atoms with van der Waals surface area (Å²) in [5, 5.41) is 0. The zero-order chi connectivity index (χ0) is 11.4. The molecule has 0 spiro atoms. The van der Waals surface area contributed by atoms with Gasteiger partial charge in [-0.3, -0.25) is 4.79 Å². The lowest BCUT2D eigenvalue weighted by molar-refractivity contribution is 0.0973. The highest BCUT2D eigenvalue weighted by molar-refractivity contribution is 9.10. The number of ether oxygens (including phenoxy) is 1. The van der Waals surface area contributed by atoms with Crippen LogP contribution in [0, 0.1) is 0 Å². The van der Waals surface area contributed by atoms with E-state index in [4.69, 9.17) is 10.5 Å². The van der Waals surface area contributed by atoms with Crippen LogP contribution in [0.5, 0.6) is 5.75 Å². The van der Waals surface area contributed by atoms with Crippen molar-refractivity contribution in [2.45, 2.75) is 19.4 Å². The number of carbonyl (C=O) groups excluding carboxylic acids is 1. The van der Waals surface area contributed by atoms with Gasteiger partial charge in [0.1, 0.15) is 5.75 Å². The SMILES string of the molecule is COc1ccc(Br)cc1C(=O)CC(C)N. The molecule has 0 saturated heterocycles. The molecule has 1 aromatic rings. The molecule has 1 aromatic carbocycles. The van der Waals surface area contributed by atoms with E-state index < -0.39 is 0 Å². The van der Waals surface area contributed by atoms with Crippen molar-refractivity contribution in [1.29, 1.82) is 0 Å². The predicted octanol–water partition coefficient (Wildman–Crippen LogP) is 2.38. The minimum Gasteiger partial charge on any atom is -0.496 e. The minimum atomic E-state index is -0.138. The van der Waals surface area contributed by atoms with Crippen molar-refractivity contribution in [2.75, 3.05) is 7.11 Å². The van der Waals surface area contributed by atoms with Crippen molar-refractivity contribution in [3.63, 3.8) is 0 Å². The Morgan fingerprint density at radius 1 is 1.60 bits per heavy atom. The number of methoxy groups -OCH3 is 1. The Morgan fingerprint density at radius 3 is 2.80 bits per heavy atom. The average Bonchev–Trinajstić information content (AvgIpc) is 2.16. The summed E-state index contributed by atoms with van der Waals surface area (Å²) >= 11 is 3.32. The van der Waals surface area contributed by atoms with E-state index in [0.717, 1.165) is 4.47 Å². The monoisotopic (exact) mass is 271 g/mol. The van der Waals surface area contributed by atoms with Gasteiger partial charge in [-0.05, 0) is 25.1 Å². The molecule has 0 aromatic heterocycles. The number of rotatable bonds is 4. The molecule has 1 rings (SSSR count). The van der Waals surface area contributed by atoms with Crippen LogP contribution in [0.4, 0.5) is 0 Å². The maximum atomic E-state index is 11.8. The van der Waals surface area contributed by atoms with Gasteiger partial charge in [-0.25, -0.2) is 0 Å². The number of hydrogen-bond acceptors (Lipinski definition) is 3. The highest BCUT2D eigenvalue weighted by Crippen LogP contribution is 2.24. The summed E-state index contributed by atoms with van der Waals surface area (Å²) in [7, 11) is 1.55. The van der Waals surface area contributed by atoms with Gasteiger partial charge in [0.2, 0.25) is 0 Å². The molecular formula is C11H14BrNO2. The maximum absolute atomic E-state index is 11.8. The summed E-state index contributed by atoms with van der Waals surface area (Å²) < 4.78 is 5.98. The standard InChI is InChI=1S/C11H14BrNO2/c1-7(13)5-10(14)9-6-8(12)3-4-11(9)15-2/h3-4,6-7H,5,13H2,1-2H3. The largest absolute Gasteiger partial charge is 0.496 e. The first kappa shape index (κ1) is 12.2. The lowest BCUT2D eigenvalue weighted by atomic mass is 10.0. The van der Waals surface area contributed by atoms with Crippen molar-refractivity contribution in [1.82, 2.24) is 0 Å². The highest BCUT2D eigenvalue weighted by atomic mass is 79.9. The first-order chi connectivity index (χ1) is 7.04. The number of halogens is 1. The van der Waals surface area contributed by atoms with Gasteiger partial charge in [0.05, 0.1) is 12.7 Å². The van der Waals surface area contributed by atoms with Gasteiger partial charge in [0.25, 0.3) is 0 Å². The fraction of sp³-hybridized carbons (Fsp3) is 0.364. The molecule has 0 heterocycles. The van der Waals surface area contributed by atoms with Crippen LogP contribution in [0.3, 0.4) is 0 Å². The summed E-state index contributed by atoms with van der Waals surface area (Å²) in [4.78, 5) is 11.8. The molecule has 0 fully saturated rings. The maximum Gasteiger partial charge on any atom is 0.168 e. The van der Waals surface area contributed by atoms with Crippen molar-refractivity contribution in [3.8, 4) is 5.75 Å². The molecule has 0 radical (unpaired) electrons. The van der Waals surface area contributed by atoms with E-state index in [9.17, 15) is 4.79 Å². The molecule has 4 heteroatoms. The smallest absolute Gasteiger partial charge is 0.168 e. The van der Waals surface area contributed by atoms with Gasteiger partial charge < -0.3 is 10.5 Å². The molecule has 82 valence electrons. The third kappa shape index (κ3) is 3.32. The molecule has 1 atom stereocenters. The van der Waals surface area contributed by atoms with Crippen LogP contribution >= 0.6 is 15.9 Å². The summed E-state index contributed by atoms with van der Waals surface area (Å²) in [5.74, 6) is 0.590. The molecule has 0 saturated carbocycles. The van der Waals surface area contributed by atoms with E-state index in [1.807, 2.05) is 13.0 Å². The van der Waals surface area contributed by atoms with E-state index in [0.29, 0.717) is 17.7 Å². The fourth-order valence-corrected chi connectivity index (χ4v) is 1.66. The second kappa shape index (κ2) is 5.28. The van der Waals surface area contributed by atoms with Gasteiger partial charge in [0.15, 0.2) is 5.78 Å². The fourth-order valence-electron chi connectivity index (χ4n) is 1.30. The molecule has 1 unspecified atom stereocenters. The molecule has 15 heavy (non-hydrogen) atoms. The van der Waals surface area contributed by atoms with E-state index in [1.54, 1.807) is 19.2 Å². The molecule has 3 nitrogen and oxygen atoms in total. The summed E-state index contributed by atoms with van der Waals surface area (Å²) in [6.07, 6.45) is 0.326. The first-order valence-corrected chi connectivity index (χ1v) is 5.46. The number of nitrogens with two attached hydrogens (primary N) is 1. The van der Waals surface area contributed by atoms with Crippen molar-refractivity contribution >= 4 is 21.7 Å². The molecule has 2 N–H and O–H groups in total. The quantitative estimate of drug-likeness (QED) is 0.856. The van der Waals surface area contributed by atoms with Crippen LogP contribution in [0.1, 0.15) is 23.7 Å². The molecular weight excluding hydrogens is 258 g/mol. The Hall–Kier alpha value is -0.870. The Labute approximate surface area is 97.7 Å². The van der Waals surface area contributed by atoms with Crippen LogP contribution < -0.4 is 10.5 Å². The highest BCUT2D eigenvalue weighted by Gasteiger charge is 2.13. The molecule has 0 aliphatic heterocycles. The number of ketones is 1. The van der Waals surface area contributed by atoms with E-state index in [-0.39, 0.29) is 11.8 Å². The number of Topliss-reactive ketones (excluding diaryl/α,β-unsaturated/α-hetero) is 1. The van der Waals surface area contributed by atoms with Crippen LogP contribution in [0.15, 0.2) is 22.7 Å². The Kier molecular flexibility index (Phi) is 4.29. The Balaban J connectivity index is 3.00. The van der Waals surface area contributed by atoms with Gasteiger partial charge in [-0.15, -0.1) is 0 Å². The summed E-state index contributed by atoms with van der Waals surface area (Å²) in [6.45, 7) is 1.81. The van der Waals surface area contributed by atoms with Gasteiger partial charge in [-0.1, -0.05) is 15.9 Å². The Morgan fingerprint density at radius 2 is 2.27 bits per heavy atom. The second-order valence-corrected chi connectivity index (χ2v) is 4.36. The number of carbonyl (C=O) groups is 1. The minimum absolute atomic E-state index is 0.00292. The topological polar surface area (TPSA) is 52.3 Å². The van der Waals surface area contributed by atoms with Crippen LogP contribution in [0.25, 0.3) is 0 Å². The zero-order valence-electron chi connectivity index (χ0n) is 8.79. The van der Waals surface area contributed by atoms with Crippen LogP contribution in [-0.2, 0) is 0 Å². The van der Waals surface area contributed by atoms with Gasteiger partial charge in [-0.2, -0.15) is 0 Å². The summed E-state index contributed by atoms with van der Waals surface area (Å²) in [6, 6.07) is 5.21. The predicted molar refractivity (Wildman–Crippen MR) is 63.3 cm³/mol. The van der Waals surface area contributed by atoms with Gasteiger partial charge in [0, 0.05) is 16.9 Å². The van der Waals surface area contributed by atoms with Crippen LogP contribution in [0.2, 0.25) is 0 Å². The van der Waals surface area contributed by atoms with E-state index in [2.05, 4.69) is 15.9 Å². The number of hydrogen-bond donors (Lipinski definition) is 1. The zero-order valence-corrected chi connectivity index (χ0v) is 10.4. The van der Waals surface area contributed by atoms with Crippen molar-refractivity contribution in [3.05, 3.63) is 28.2 Å². The van der Waals surface area contributed by atoms with E-state index in [1.165, 1.54) is 0 Å². The molecule has 0 bridgehead atoms. The van der Waals surface area contributed by atoms with Crippen molar-refractivity contribution < 1.29 is 9.53 Å². The Bertz CT molecular complexity index is 364. The van der Waals surface area contributed by atoms with E-state index >= 15 is 0 Å². The second-order valence-electron chi connectivity index (χ2n) is 3.45. The molecule has 0 aliphatic rings. The van der Waals surface area contributed by atoms with Crippen molar-refractivity contribution in [2.24, 2.45) is 5.73 Å². The summed E-state index contributed by atoms with van der Waals surface area (Å²) in [5.41, 5.74) is 6.16. The first-order valence-electron chi connectivity index (χ1n) is 4.67. The van der Waals surface area contributed by atoms with Gasteiger partial charge >= 0.3 is 0 Å². The lowest BCUT2D eigenvalue weighted by Crippen LogP contribution is -2.20.